The quantitative estimate of drug-likeness (QED) is 0.732. The summed E-state index contributed by atoms with van der Waals surface area (Å²) < 4.78 is 13.8. The Morgan fingerprint density at radius 2 is 1.84 bits per heavy atom. The zero-order chi connectivity index (χ0) is 17.6. The maximum Gasteiger partial charge on any atom is 0.244 e. The van der Waals surface area contributed by atoms with Gasteiger partial charge in [0.1, 0.15) is 5.82 Å². The lowest BCUT2D eigenvalue weighted by Gasteiger charge is -2.59. The highest BCUT2D eigenvalue weighted by atomic mass is 35.5. The molecule has 134 valence electrons. The van der Waals surface area contributed by atoms with Crippen molar-refractivity contribution in [3.8, 4) is 0 Å². The minimum Gasteiger partial charge on any atom is -0.350 e. The molecule has 5 rings (SSSR count). The van der Waals surface area contributed by atoms with Crippen LogP contribution in [0.1, 0.15) is 51.0 Å². The molecule has 4 aliphatic rings. The highest BCUT2D eigenvalue weighted by molar-refractivity contribution is 6.32. The van der Waals surface area contributed by atoms with Crippen molar-refractivity contribution in [2.45, 2.75) is 51.5 Å². The van der Waals surface area contributed by atoms with Crippen LogP contribution in [0.2, 0.25) is 5.02 Å². The van der Waals surface area contributed by atoms with Crippen LogP contribution in [0.3, 0.4) is 0 Å². The molecule has 0 radical (unpaired) electrons. The molecule has 0 saturated heterocycles. The summed E-state index contributed by atoms with van der Waals surface area (Å²) in [5.41, 5.74) is 0.537. The molecule has 1 N–H and O–H groups in total. The van der Waals surface area contributed by atoms with E-state index in [1.807, 2.05) is 0 Å². The minimum atomic E-state index is -0.411. The fraction of sp³-hybridized carbons (Fsp3) is 0.571. The number of benzene rings is 1. The zero-order valence-corrected chi connectivity index (χ0v) is 15.4. The maximum absolute atomic E-state index is 13.8. The lowest BCUT2D eigenvalue weighted by Crippen LogP contribution is -2.55. The summed E-state index contributed by atoms with van der Waals surface area (Å²) >= 11 is 6.01. The third-order valence-electron chi connectivity index (χ3n) is 6.76. The summed E-state index contributed by atoms with van der Waals surface area (Å²) in [6.45, 7) is 2.15. The minimum absolute atomic E-state index is 0.161. The Morgan fingerprint density at radius 3 is 2.40 bits per heavy atom. The highest BCUT2D eigenvalue weighted by Gasteiger charge is 2.53. The van der Waals surface area contributed by atoms with Crippen molar-refractivity contribution in [3.05, 3.63) is 40.7 Å². The Kier molecular flexibility index (Phi) is 4.39. The van der Waals surface area contributed by atoms with E-state index in [0.29, 0.717) is 5.02 Å². The van der Waals surface area contributed by atoms with E-state index in [1.54, 1.807) is 12.1 Å². The van der Waals surface area contributed by atoms with E-state index in [1.165, 1.54) is 56.7 Å². The lowest BCUT2D eigenvalue weighted by molar-refractivity contribution is -0.121. The van der Waals surface area contributed by atoms with Crippen molar-refractivity contribution >= 4 is 23.6 Å². The van der Waals surface area contributed by atoms with Crippen molar-refractivity contribution in [2.75, 3.05) is 0 Å². The first-order chi connectivity index (χ1) is 11.9. The Morgan fingerprint density at radius 1 is 1.24 bits per heavy atom. The maximum atomic E-state index is 13.8. The summed E-state index contributed by atoms with van der Waals surface area (Å²) in [5.74, 6) is 2.00. The number of hydrogen-bond donors (Lipinski definition) is 1. The van der Waals surface area contributed by atoms with Crippen LogP contribution in [0.15, 0.2) is 24.3 Å². The van der Waals surface area contributed by atoms with Crippen LogP contribution in [0.25, 0.3) is 6.08 Å². The van der Waals surface area contributed by atoms with Crippen LogP contribution in [0, 0.1) is 29.0 Å². The number of hydrogen-bond acceptors (Lipinski definition) is 1. The molecular weight excluding hydrogens is 337 g/mol. The molecule has 4 heteroatoms. The van der Waals surface area contributed by atoms with Gasteiger partial charge in [-0.05, 0) is 86.8 Å². The largest absolute Gasteiger partial charge is 0.350 e. The first kappa shape index (κ1) is 17.1. The molecule has 4 saturated carbocycles. The predicted octanol–water partition coefficient (Wildman–Crippen LogP) is 5.21. The van der Waals surface area contributed by atoms with Crippen LogP contribution < -0.4 is 5.32 Å². The van der Waals surface area contributed by atoms with Crippen molar-refractivity contribution in [1.82, 2.24) is 5.32 Å². The molecule has 0 aliphatic heterocycles. The molecule has 0 spiro atoms. The molecule has 1 amide bonds. The van der Waals surface area contributed by atoms with Crippen molar-refractivity contribution in [3.63, 3.8) is 0 Å². The number of rotatable bonds is 4. The number of halogens is 2. The van der Waals surface area contributed by atoms with Gasteiger partial charge in [0.05, 0.1) is 5.02 Å². The van der Waals surface area contributed by atoms with Crippen molar-refractivity contribution in [2.24, 2.45) is 23.2 Å². The summed E-state index contributed by atoms with van der Waals surface area (Å²) in [4.78, 5) is 12.4. The molecule has 4 bridgehead atoms. The molecule has 1 aromatic carbocycles. The van der Waals surface area contributed by atoms with E-state index in [4.69, 9.17) is 11.6 Å². The molecule has 1 aromatic rings. The van der Waals surface area contributed by atoms with Crippen LogP contribution >= 0.6 is 11.6 Å². The Balaban J connectivity index is 1.43. The zero-order valence-electron chi connectivity index (χ0n) is 14.6. The average molecular weight is 362 g/mol. The van der Waals surface area contributed by atoms with Gasteiger partial charge in [-0.3, -0.25) is 4.79 Å². The van der Waals surface area contributed by atoms with Gasteiger partial charge in [-0.25, -0.2) is 4.39 Å². The van der Waals surface area contributed by atoms with E-state index in [9.17, 15) is 9.18 Å². The molecule has 4 fully saturated rings. The van der Waals surface area contributed by atoms with Crippen LogP contribution in [-0.2, 0) is 4.79 Å². The lowest BCUT2D eigenvalue weighted by atomic mass is 9.48. The first-order valence-corrected chi connectivity index (χ1v) is 9.75. The first-order valence-electron chi connectivity index (χ1n) is 9.38. The highest BCUT2D eigenvalue weighted by Crippen LogP contribution is 2.61. The fourth-order valence-corrected chi connectivity index (χ4v) is 6.18. The molecule has 0 aromatic heterocycles. The smallest absolute Gasteiger partial charge is 0.244 e. The van der Waals surface area contributed by atoms with E-state index >= 15 is 0 Å². The monoisotopic (exact) mass is 361 g/mol. The van der Waals surface area contributed by atoms with Gasteiger partial charge < -0.3 is 5.32 Å². The molecule has 1 atom stereocenters. The van der Waals surface area contributed by atoms with Crippen molar-refractivity contribution < 1.29 is 9.18 Å². The second-order valence-corrected chi connectivity index (χ2v) is 8.89. The van der Waals surface area contributed by atoms with E-state index in [-0.39, 0.29) is 22.9 Å². The Hall–Kier alpha value is -1.35. The number of nitrogens with one attached hydrogen (secondary N) is 1. The molecular formula is C21H25ClFNO. The van der Waals surface area contributed by atoms with Gasteiger partial charge in [0.2, 0.25) is 5.91 Å². The SMILES string of the molecule is C[C@H](NC(=O)/C=C/c1c(F)cccc1Cl)C12CC3CC(CC(C3)C1)C2. The standard InChI is InChI=1S/C21H25ClFNO/c1-13(21-10-14-7-15(11-21)9-16(8-14)12-21)24-20(25)6-5-17-18(22)3-2-4-19(17)23/h2-6,13-16H,7-12H2,1H3,(H,24,25)/b6-5+/t13-,14?,15?,16?,21?/m0/s1. The number of amides is 1. The Labute approximate surface area is 153 Å². The van der Waals surface area contributed by atoms with Crippen LogP contribution in [0.4, 0.5) is 4.39 Å². The van der Waals surface area contributed by atoms with Crippen LogP contribution in [0.5, 0.6) is 0 Å². The van der Waals surface area contributed by atoms with Crippen molar-refractivity contribution in [1.29, 1.82) is 0 Å². The molecule has 0 unspecified atom stereocenters. The van der Waals surface area contributed by atoms with Gasteiger partial charge >= 0.3 is 0 Å². The Bertz CT molecular complexity index is 658. The summed E-state index contributed by atoms with van der Waals surface area (Å²) in [7, 11) is 0. The predicted molar refractivity (Wildman–Crippen MR) is 98.7 cm³/mol. The average Bonchev–Trinajstić information content (AvgIpc) is 2.53. The van der Waals surface area contributed by atoms with Gasteiger partial charge in [0.15, 0.2) is 0 Å². The van der Waals surface area contributed by atoms with Gasteiger partial charge in [0.25, 0.3) is 0 Å². The summed E-state index contributed by atoms with van der Waals surface area (Å²) in [6.07, 6.45) is 10.8. The third-order valence-corrected chi connectivity index (χ3v) is 7.09. The molecule has 0 heterocycles. The van der Waals surface area contributed by atoms with E-state index < -0.39 is 5.82 Å². The molecule has 4 aliphatic carbocycles. The third kappa shape index (κ3) is 3.23. The fourth-order valence-electron chi connectivity index (χ4n) is 5.95. The molecule has 25 heavy (non-hydrogen) atoms. The second kappa shape index (κ2) is 6.42. The summed E-state index contributed by atoms with van der Waals surface area (Å²) in [6, 6.07) is 4.69. The van der Waals surface area contributed by atoms with E-state index in [0.717, 1.165) is 17.8 Å². The molecule has 2 nitrogen and oxygen atoms in total. The number of carbonyl (C=O) groups is 1. The second-order valence-electron chi connectivity index (χ2n) is 8.48. The number of carbonyl (C=O) groups excluding carboxylic acids is 1. The van der Waals surface area contributed by atoms with Gasteiger partial charge in [-0.1, -0.05) is 17.7 Å². The topological polar surface area (TPSA) is 29.1 Å². The van der Waals surface area contributed by atoms with Gasteiger partial charge in [-0.2, -0.15) is 0 Å². The van der Waals surface area contributed by atoms with Crippen LogP contribution in [-0.4, -0.2) is 11.9 Å². The normalized spacial score (nSPS) is 34.4. The van der Waals surface area contributed by atoms with Gasteiger partial charge in [-0.15, -0.1) is 0 Å². The van der Waals surface area contributed by atoms with Gasteiger partial charge in [0, 0.05) is 17.7 Å². The summed E-state index contributed by atoms with van der Waals surface area (Å²) in [5, 5.41) is 3.47. The van der Waals surface area contributed by atoms with E-state index in [2.05, 4.69) is 12.2 Å².